The first-order chi connectivity index (χ1) is 5.95. The van der Waals surface area contributed by atoms with Crippen LogP contribution < -0.4 is 11.5 Å². The summed E-state index contributed by atoms with van der Waals surface area (Å²) >= 11 is 0. The summed E-state index contributed by atoms with van der Waals surface area (Å²) in [5, 5.41) is 0. The SMILES string of the molecule is CC(CCCCN)CCC(C)(C)N. The molecular weight excluding hydrogens is 160 g/mol. The molecule has 4 N–H and O–H groups in total. The lowest BCUT2D eigenvalue weighted by Gasteiger charge is -2.20. The molecule has 0 aromatic heterocycles. The molecule has 0 aliphatic rings. The Morgan fingerprint density at radius 3 is 2.23 bits per heavy atom. The minimum absolute atomic E-state index is 0.00211. The van der Waals surface area contributed by atoms with Gasteiger partial charge in [0.25, 0.3) is 0 Å². The summed E-state index contributed by atoms with van der Waals surface area (Å²) in [4.78, 5) is 0. The molecule has 2 nitrogen and oxygen atoms in total. The molecule has 0 bridgehead atoms. The highest BCUT2D eigenvalue weighted by Crippen LogP contribution is 2.18. The Bertz CT molecular complexity index is 116. The van der Waals surface area contributed by atoms with Crippen LogP contribution in [0.3, 0.4) is 0 Å². The van der Waals surface area contributed by atoms with Crippen molar-refractivity contribution in [2.24, 2.45) is 17.4 Å². The average molecular weight is 186 g/mol. The van der Waals surface area contributed by atoms with Gasteiger partial charge in [-0.2, -0.15) is 0 Å². The Hall–Kier alpha value is -0.0800. The van der Waals surface area contributed by atoms with Crippen molar-refractivity contribution < 1.29 is 0 Å². The Labute approximate surface area is 83.1 Å². The Morgan fingerprint density at radius 2 is 1.77 bits per heavy atom. The van der Waals surface area contributed by atoms with E-state index in [2.05, 4.69) is 20.8 Å². The topological polar surface area (TPSA) is 52.0 Å². The van der Waals surface area contributed by atoms with Crippen molar-refractivity contribution in [1.29, 1.82) is 0 Å². The molecule has 0 saturated heterocycles. The third-order valence-electron chi connectivity index (χ3n) is 2.43. The lowest BCUT2D eigenvalue weighted by Crippen LogP contribution is -2.32. The Balaban J connectivity index is 3.35. The summed E-state index contributed by atoms with van der Waals surface area (Å²) in [6.07, 6.45) is 6.09. The largest absolute Gasteiger partial charge is 0.330 e. The molecule has 13 heavy (non-hydrogen) atoms. The van der Waals surface area contributed by atoms with Crippen molar-refractivity contribution in [3.63, 3.8) is 0 Å². The summed E-state index contributed by atoms with van der Waals surface area (Å²) < 4.78 is 0. The van der Waals surface area contributed by atoms with Gasteiger partial charge >= 0.3 is 0 Å². The highest BCUT2D eigenvalue weighted by molar-refractivity contribution is 4.72. The van der Waals surface area contributed by atoms with Crippen molar-refractivity contribution >= 4 is 0 Å². The second kappa shape index (κ2) is 6.39. The maximum atomic E-state index is 5.92. The van der Waals surface area contributed by atoms with Crippen LogP contribution in [0.15, 0.2) is 0 Å². The molecule has 0 rings (SSSR count). The van der Waals surface area contributed by atoms with Gasteiger partial charge in [-0.15, -0.1) is 0 Å². The second-order valence-corrected chi connectivity index (χ2v) is 4.92. The summed E-state index contributed by atoms with van der Waals surface area (Å²) in [6, 6.07) is 0. The van der Waals surface area contributed by atoms with E-state index in [0.717, 1.165) is 25.3 Å². The molecule has 0 aromatic carbocycles. The van der Waals surface area contributed by atoms with Crippen LogP contribution >= 0.6 is 0 Å². The van der Waals surface area contributed by atoms with Crippen LogP contribution in [0.4, 0.5) is 0 Å². The maximum absolute atomic E-state index is 5.92. The average Bonchev–Trinajstić information content (AvgIpc) is 2.00. The van der Waals surface area contributed by atoms with E-state index in [1.165, 1.54) is 19.3 Å². The molecule has 2 heteroatoms. The van der Waals surface area contributed by atoms with Crippen LogP contribution in [0.25, 0.3) is 0 Å². The fourth-order valence-electron chi connectivity index (χ4n) is 1.40. The monoisotopic (exact) mass is 186 g/mol. The van der Waals surface area contributed by atoms with Gasteiger partial charge in [-0.3, -0.25) is 0 Å². The van der Waals surface area contributed by atoms with Gasteiger partial charge in [0.1, 0.15) is 0 Å². The number of rotatable bonds is 7. The van der Waals surface area contributed by atoms with Crippen LogP contribution in [0, 0.1) is 5.92 Å². The molecule has 0 radical (unpaired) electrons. The van der Waals surface area contributed by atoms with Gasteiger partial charge in [0, 0.05) is 5.54 Å². The predicted octanol–water partition coefficient (Wildman–Crippen LogP) is 2.27. The molecule has 1 atom stereocenters. The van der Waals surface area contributed by atoms with Gasteiger partial charge in [-0.1, -0.05) is 19.8 Å². The third kappa shape index (κ3) is 9.84. The first-order valence-corrected chi connectivity index (χ1v) is 5.44. The summed E-state index contributed by atoms with van der Waals surface area (Å²) in [5.74, 6) is 0.800. The lowest BCUT2D eigenvalue weighted by molar-refractivity contribution is 0.379. The third-order valence-corrected chi connectivity index (χ3v) is 2.43. The number of unbranched alkanes of at least 4 members (excludes halogenated alkanes) is 1. The Kier molecular flexibility index (Phi) is 6.35. The van der Waals surface area contributed by atoms with Crippen molar-refractivity contribution in [3.8, 4) is 0 Å². The van der Waals surface area contributed by atoms with Crippen molar-refractivity contribution in [2.75, 3.05) is 6.54 Å². The van der Waals surface area contributed by atoms with E-state index in [4.69, 9.17) is 11.5 Å². The van der Waals surface area contributed by atoms with Crippen LogP contribution in [-0.2, 0) is 0 Å². The normalized spacial score (nSPS) is 14.5. The van der Waals surface area contributed by atoms with Crippen LogP contribution in [0.5, 0.6) is 0 Å². The molecule has 0 amide bonds. The van der Waals surface area contributed by atoms with Crippen LogP contribution in [0.1, 0.15) is 52.9 Å². The van der Waals surface area contributed by atoms with Gasteiger partial charge < -0.3 is 11.5 Å². The zero-order valence-corrected chi connectivity index (χ0v) is 9.47. The molecule has 80 valence electrons. The molecular formula is C11H26N2. The van der Waals surface area contributed by atoms with Crippen LogP contribution in [-0.4, -0.2) is 12.1 Å². The fraction of sp³-hybridized carbons (Fsp3) is 1.00. The van der Waals surface area contributed by atoms with Gasteiger partial charge in [-0.05, 0) is 45.6 Å². The van der Waals surface area contributed by atoms with Gasteiger partial charge in [-0.25, -0.2) is 0 Å². The van der Waals surface area contributed by atoms with Gasteiger partial charge in [0.15, 0.2) is 0 Å². The molecule has 1 unspecified atom stereocenters. The standard InChI is InChI=1S/C11H26N2/c1-10(6-4-5-9-12)7-8-11(2,3)13/h10H,4-9,12-13H2,1-3H3. The van der Waals surface area contributed by atoms with E-state index in [9.17, 15) is 0 Å². The predicted molar refractivity (Wildman–Crippen MR) is 59.6 cm³/mol. The smallest absolute Gasteiger partial charge is 0.00971 e. The van der Waals surface area contributed by atoms with Gasteiger partial charge in [0.05, 0.1) is 0 Å². The Morgan fingerprint density at radius 1 is 1.15 bits per heavy atom. The first kappa shape index (κ1) is 12.9. The highest BCUT2D eigenvalue weighted by atomic mass is 14.7. The molecule has 0 aliphatic carbocycles. The maximum Gasteiger partial charge on any atom is 0.00971 e. The summed E-state index contributed by atoms with van der Waals surface area (Å²) in [6.45, 7) is 7.33. The van der Waals surface area contributed by atoms with E-state index >= 15 is 0 Å². The quantitative estimate of drug-likeness (QED) is 0.599. The molecule has 0 aliphatic heterocycles. The molecule has 0 aromatic rings. The summed E-state index contributed by atoms with van der Waals surface area (Å²) in [7, 11) is 0. The number of hydrogen-bond donors (Lipinski definition) is 2. The number of nitrogens with two attached hydrogens (primary N) is 2. The highest BCUT2D eigenvalue weighted by Gasteiger charge is 2.12. The lowest BCUT2D eigenvalue weighted by atomic mass is 9.91. The second-order valence-electron chi connectivity index (χ2n) is 4.92. The zero-order valence-electron chi connectivity index (χ0n) is 9.47. The minimum Gasteiger partial charge on any atom is -0.330 e. The van der Waals surface area contributed by atoms with Gasteiger partial charge in [0.2, 0.25) is 0 Å². The number of hydrogen-bond acceptors (Lipinski definition) is 2. The summed E-state index contributed by atoms with van der Waals surface area (Å²) in [5.41, 5.74) is 11.4. The molecule has 0 heterocycles. The van der Waals surface area contributed by atoms with E-state index < -0.39 is 0 Å². The van der Waals surface area contributed by atoms with Crippen molar-refractivity contribution in [3.05, 3.63) is 0 Å². The van der Waals surface area contributed by atoms with E-state index in [1.54, 1.807) is 0 Å². The van der Waals surface area contributed by atoms with Crippen molar-refractivity contribution in [1.82, 2.24) is 0 Å². The van der Waals surface area contributed by atoms with E-state index in [-0.39, 0.29) is 5.54 Å². The minimum atomic E-state index is 0.00211. The molecule has 0 saturated carbocycles. The fourth-order valence-corrected chi connectivity index (χ4v) is 1.40. The van der Waals surface area contributed by atoms with E-state index in [1.807, 2.05) is 0 Å². The van der Waals surface area contributed by atoms with Crippen LogP contribution in [0.2, 0.25) is 0 Å². The van der Waals surface area contributed by atoms with E-state index in [0.29, 0.717) is 0 Å². The van der Waals surface area contributed by atoms with Crippen molar-refractivity contribution in [2.45, 2.75) is 58.4 Å². The molecule has 0 spiro atoms. The molecule has 0 fully saturated rings. The zero-order chi connectivity index (χ0) is 10.3. The first-order valence-electron chi connectivity index (χ1n) is 5.44.